The van der Waals surface area contributed by atoms with Crippen LogP contribution in [0.3, 0.4) is 0 Å². The molecule has 0 aliphatic heterocycles. The third kappa shape index (κ3) is 2.92. The van der Waals surface area contributed by atoms with Gasteiger partial charge in [0.25, 0.3) is 5.91 Å². The lowest BCUT2D eigenvalue weighted by atomic mass is 10.2. The van der Waals surface area contributed by atoms with Gasteiger partial charge in [-0.05, 0) is 31.2 Å². The molecule has 2 heterocycles. The number of rotatable bonds is 3. The first-order chi connectivity index (χ1) is 9.08. The number of hydrogen-bond acceptors (Lipinski definition) is 4. The highest BCUT2D eigenvalue weighted by atomic mass is 16.4. The van der Waals surface area contributed by atoms with Crippen LogP contribution in [0.4, 0.5) is 5.69 Å². The highest BCUT2D eigenvalue weighted by Crippen LogP contribution is 2.13. The molecule has 6 nitrogen and oxygen atoms in total. The molecular formula is C13H11N3O3. The zero-order valence-corrected chi connectivity index (χ0v) is 10.1. The third-order valence-corrected chi connectivity index (χ3v) is 2.42. The Morgan fingerprint density at radius 2 is 2.00 bits per heavy atom. The number of hydrogen-bond donors (Lipinski definition) is 2. The number of nitrogens with one attached hydrogen (secondary N) is 1. The Bertz CT molecular complexity index is 641. The standard InChI is InChI=1S/C13H11N3O3/c1-8-7-9(4-6-14-8)12(17)16-10-3-2-5-15-11(10)13(18)19/h2-7H,1H3,(H,16,17)(H,18,19). The van der Waals surface area contributed by atoms with E-state index in [1.165, 1.54) is 18.5 Å². The summed E-state index contributed by atoms with van der Waals surface area (Å²) in [6.07, 6.45) is 2.88. The molecule has 0 unspecified atom stereocenters. The number of nitrogens with zero attached hydrogens (tertiary/aromatic N) is 2. The summed E-state index contributed by atoms with van der Waals surface area (Å²) in [4.78, 5) is 30.7. The molecule has 96 valence electrons. The fourth-order valence-electron chi connectivity index (χ4n) is 1.56. The van der Waals surface area contributed by atoms with Crippen LogP contribution in [0.5, 0.6) is 0 Å². The van der Waals surface area contributed by atoms with Gasteiger partial charge in [0, 0.05) is 23.7 Å². The van der Waals surface area contributed by atoms with Crippen molar-refractivity contribution in [3.05, 3.63) is 53.6 Å². The topological polar surface area (TPSA) is 92.2 Å². The van der Waals surface area contributed by atoms with E-state index in [4.69, 9.17) is 5.11 Å². The van der Waals surface area contributed by atoms with Crippen LogP contribution in [0.15, 0.2) is 36.7 Å². The van der Waals surface area contributed by atoms with Gasteiger partial charge < -0.3 is 10.4 Å². The summed E-state index contributed by atoms with van der Waals surface area (Å²) in [5, 5.41) is 11.5. The summed E-state index contributed by atoms with van der Waals surface area (Å²) in [5.74, 6) is -1.59. The van der Waals surface area contributed by atoms with Crippen LogP contribution in [0.2, 0.25) is 0 Å². The van der Waals surface area contributed by atoms with Gasteiger partial charge >= 0.3 is 5.97 Å². The van der Waals surface area contributed by atoms with Crippen molar-refractivity contribution in [2.45, 2.75) is 6.92 Å². The first-order valence-corrected chi connectivity index (χ1v) is 5.50. The van der Waals surface area contributed by atoms with Crippen LogP contribution in [-0.2, 0) is 0 Å². The zero-order valence-electron chi connectivity index (χ0n) is 10.1. The molecule has 0 atom stereocenters. The molecule has 0 aliphatic carbocycles. The molecule has 0 fully saturated rings. The maximum atomic E-state index is 12.0. The van der Waals surface area contributed by atoms with Crippen LogP contribution in [0.1, 0.15) is 26.5 Å². The van der Waals surface area contributed by atoms with Crippen LogP contribution < -0.4 is 5.32 Å². The third-order valence-electron chi connectivity index (χ3n) is 2.42. The lowest BCUT2D eigenvalue weighted by molar-refractivity contribution is 0.0692. The van der Waals surface area contributed by atoms with Crippen molar-refractivity contribution in [1.29, 1.82) is 0 Å². The van der Waals surface area contributed by atoms with Gasteiger partial charge in [0.05, 0.1) is 5.69 Å². The number of carbonyl (C=O) groups is 2. The minimum absolute atomic E-state index is 0.162. The summed E-state index contributed by atoms with van der Waals surface area (Å²) < 4.78 is 0. The predicted octanol–water partition coefficient (Wildman–Crippen LogP) is 1.74. The first-order valence-electron chi connectivity index (χ1n) is 5.50. The lowest BCUT2D eigenvalue weighted by Crippen LogP contribution is -2.15. The van der Waals surface area contributed by atoms with Crippen LogP contribution in [0.25, 0.3) is 0 Å². The number of aromatic carboxylic acids is 1. The minimum atomic E-state index is -1.19. The van der Waals surface area contributed by atoms with Gasteiger partial charge in [-0.15, -0.1) is 0 Å². The maximum absolute atomic E-state index is 12.0. The van der Waals surface area contributed by atoms with E-state index in [-0.39, 0.29) is 11.4 Å². The summed E-state index contributed by atoms with van der Waals surface area (Å²) in [6, 6.07) is 6.22. The molecule has 0 radical (unpaired) electrons. The molecule has 2 aromatic heterocycles. The smallest absolute Gasteiger partial charge is 0.356 e. The summed E-state index contributed by atoms with van der Waals surface area (Å²) in [6.45, 7) is 1.77. The molecule has 0 aliphatic rings. The van der Waals surface area contributed by atoms with E-state index in [1.54, 1.807) is 25.1 Å². The second-order valence-corrected chi connectivity index (χ2v) is 3.84. The van der Waals surface area contributed by atoms with Crippen molar-refractivity contribution in [2.75, 3.05) is 5.32 Å². The lowest BCUT2D eigenvalue weighted by Gasteiger charge is -2.07. The van der Waals surface area contributed by atoms with E-state index in [9.17, 15) is 9.59 Å². The van der Waals surface area contributed by atoms with Crippen LogP contribution in [-0.4, -0.2) is 27.0 Å². The monoisotopic (exact) mass is 257 g/mol. The van der Waals surface area contributed by atoms with E-state index in [1.807, 2.05) is 0 Å². The molecular weight excluding hydrogens is 246 g/mol. The number of carboxylic acid groups (broad SMARTS) is 1. The summed E-state index contributed by atoms with van der Waals surface area (Å²) in [7, 11) is 0. The minimum Gasteiger partial charge on any atom is -0.476 e. The van der Waals surface area contributed by atoms with Gasteiger partial charge in [-0.25, -0.2) is 9.78 Å². The van der Waals surface area contributed by atoms with E-state index in [0.717, 1.165) is 0 Å². The Labute approximate surface area is 109 Å². The number of anilines is 1. The second-order valence-electron chi connectivity index (χ2n) is 3.84. The van der Waals surface area contributed by atoms with Crippen molar-refractivity contribution >= 4 is 17.6 Å². The largest absolute Gasteiger partial charge is 0.476 e. The van der Waals surface area contributed by atoms with E-state index in [2.05, 4.69) is 15.3 Å². The molecule has 0 saturated carbocycles. The Morgan fingerprint density at radius 3 is 2.68 bits per heavy atom. The van der Waals surface area contributed by atoms with Gasteiger partial charge in [0.15, 0.2) is 5.69 Å². The van der Waals surface area contributed by atoms with Crippen molar-refractivity contribution in [3.63, 3.8) is 0 Å². The average molecular weight is 257 g/mol. The average Bonchev–Trinajstić information content (AvgIpc) is 2.39. The van der Waals surface area contributed by atoms with Gasteiger partial charge in [0.2, 0.25) is 0 Å². The molecule has 19 heavy (non-hydrogen) atoms. The molecule has 0 saturated heterocycles. The molecule has 2 rings (SSSR count). The van der Waals surface area contributed by atoms with Crippen LogP contribution in [0, 0.1) is 6.92 Å². The van der Waals surface area contributed by atoms with E-state index >= 15 is 0 Å². The number of carboxylic acids is 1. The maximum Gasteiger partial charge on any atom is 0.356 e. The van der Waals surface area contributed by atoms with Crippen molar-refractivity contribution in [2.24, 2.45) is 0 Å². The molecule has 1 amide bonds. The fraction of sp³-hybridized carbons (Fsp3) is 0.0769. The van der Waals surface area contributed by atoms with E-state index in [0.29, 0.717) is 11.3 Å². The number of pyridine rings is 2. The first kappa shape index (κ1) is 12.7. The molecule has 2 aromatic rings. The zero-order chi connectivity index (χ0) is 13.8. The van der Waals surface area contributed by atoms with Gasteiger partial charge in [-0.1, -0.05) is 0 Å². The highest BCUT2D eigenvalue weighted by Gasteiger charge is 2.14. The number of amides is 1. The highest BCUT2D eigenvalue weighted by molar-refractivity contribution is 6.07. The summed E-state index contributed by atoms with van der Waals surface area (Å²) in [5.41, 5.74) is 1.08. The van der Waals surface area contributed by atoms with Crippen molar-refractivity contribution in [3.8, 4) is 0 Å². The molecule has 0 spiro atoms. The number of aromatic nitrogens is 2. The molecule has 0 aromatic carbocycles. The Kier molecular flexibility index (Phi) is 3.51. The van der Waals surface area contributed by atoms with Crippen LogP contribution >= 0.6 is 0 Å². The number of carbonyl (C=O) groups excluding carboxylic acids is 1. The van der Waals surface area contributed by atoms with Crippen molar-refractivity contribution < 1.29 is 14.7 Å². The van der Waals surface area contributed by atoms with Gasteiger partial charge in [0.1, 0.15) is 0 Å². The second kappa shape index (κ2) is 5.26. The van der Waals surface area contributed by atoms with Crippen molar-refractivity contribution in [1.82, 2.24) is 9.97 Å². The molecule has 0 bridgehead atoms. The van der Waals surface area contributed by atoms with E-state index < -0.39 is 11.9 Å². The summed E-state index contributed by atoms with van der Waals surface area (Å²) >= 11 is 0. The molecule has 6 heteroatoms. The Hall–Kier alpha value is -2.76. The predicted molar refractivity (Wildman–Crippen MR) is 68.1 cm³/mol. The van der Waals surface area contributed by atoms with Gasteiger partial charge in [-0.3, -0.25) is 9.78 Å². The normalized spacial score (nSPS) is 9.95. The van der Waals surface area contributed by atoms with Gasteiger partial charge in [-0.2, -0.15) is 0 Å². The fourth-order valence-corrected chi connectivity index (χ4v) is 1.56. The number of aryl methyl sites for hydroxylation is 1. The molecule has 2 N–H and O–H groups in total. The Morgan fingerprint density at radius 1 is 1.21 bits per heavy atom. The SMILES string of the molecule is Cc1cc(C(=O)Nc2cccnc2C(=O)O)ccn1. The Balaban J connectivity index is 2.27. The quantitative estimate of drug-likeness (QED) is 0.873.